The second-order valence-corrected chi connectivity index (χ2v) is 45.5. The molecule has 0 atom stereocenters. The largest absolute Gasteiger partial charge is 0.297 e. The molecule has 12 nitrogen and oxygen atoms in total. The lowest BCUT2D eigenvalue weighted by molar-refractivity contribution is -0.617. The summed E-state index contributed by atoms with van der Waals surface area (Å²) in [6.07, 6.45) is 29.3. The number of para-hydroxylation sites is 4. The Labute approximate surface area is 778 Å². The van der Waals surface area contributed by atoms with E-state index in [4.69, 9.17) is 19.9 Å². The number of fused-ring (bicyclic) bond motifs is 32. The maximum atomic E-state index is 5.51. The van der Waals surface area contributed by atoms with Gasteiger partial charge in [0.2, 0.25) is 0 Å². The number of pyridine rings is 8. The number of benzene rings is 8. The zero-order valence-corrected chi connectivity index (χ0v) is 82.3. The van der Waals surface area contributed by atoms with Crippen LogP contribution < -0.4 is 18.1 Å². The van der Waals surface area contributed by atoms with E-state index in [9.17, 15) is 0 Å². The minimum Gasteiger partial charge on any atom is -0.255 e. The Balaban J connectivity index is 0.000000106. The number of hydrogen-bond donors (Lipinski definition) is 0. The molecule has 672 valence electrons. The van der Waals surface area contributed by atoms with Gasteiger partial charge in [-0.15, -0.1) is 0 Å². The first-order valence-electron chi connectivity index (χ1n) is 49.9. The summed E-state index contributed by atoms with van der Waals surface area (Å²) in [5, 5.41) is 10.3. The van der Waals surface area contributed by atoms with Crippen molar-refractivity contribution in [2.45, 2.75) is 263 Å². The molecule has 24 rings (SSSR count). The van der Waals surface area contributed by atoms with Gasteiger partial charge >= 0.3 is 0 Å². The zero-order chi connectivity index (χ0) is 91.6. The van der Waals surface area contributed by atoms with E-state index in [0.29, 0.717) is 23.7 Å². The molecule has 12 heterocycles. The van der Waals surface area contributed by atoms with Crippen LogP contribution in [-0.2, 0) is 53.9 Å². The van der Waals surface area contributed by atoms with Crippen LogP contribution in [0, 0.1) is 49.4 Å². The first-order chi connectivity index (χ1) is 63.3. The van der Waals surface area contributed by atoms with Crippen LogP contribution in [0.3, 0.4) is 0 Å². The van der Waals surface area contributed by atoms with Gasteiger partial charge in [-0.3, -0.25) is 19.9 Å². The topological polar surface area (TPSA) is 85.5 Å². The van der Waals surface area contributed by atoms with E-state index in [-0.39, 0.29) is 21.7 Å². The van der Waals surface area contributed by atoms with Crippen molar-refractivity contribution in [3.05, 3.63) is 261 Å². The fourth-order valence-corrected chi connectivity index (χ4v) is 24.7. The van der Waals surface area contributed by atoms with E-state index < -0.39 is 0 Å². The summed E-state index contributed by atoms with van der Waals surface area (Å²) in [5.74, 6) is 2.61. The fraction of sp³-hybridized carbons (Fsp3) is 0.400. The number of imidazole rings is 4. The highest BCUT2D eigenvalue weighted by atomic mass is 15.1. The fourth-order valence-electron chi connectivity index (χ4n) is 24.7. The molecule has 4 aliphatic carbocycles. The van der Waals surface area contributed by atoms with Gasteiger partial charge in [-0.05, 0) is 309 Å². The first kappa shape index (κ1) is 86.9. The lowest BCUT2D eigenvalue weighted by atomic mass is 9.87. The minimum atomic E-state index is 0.240. The van der Waals surface area contributed by atoms with Gasteiger partial charge in [0.1, 0.15) is 22.1 Å². The summed E-state index contributed by atoms with van der Waals surface area (Å²) in [6, 6.07) is 68.9. The highest BCUT2D eigenvalue weighted by Crippen LogP contribution is 2.47. The summed E-state index contributed by atoms with van der Waals surface area (Å²) >= 11 is 0. The molecule has 0 bridgehead atoms. The molecular weight excluding hydrogens is 1610 g/mol. The Kier molecular flexibility index (Phi) is 21.8. The van der Waals surface area contributed by atoms with Crippen LogP contribution in [-0.4, -0.2) is 37.7 Å². The predicted octanol–water partition coefficient (Wildman–Crippen LogP) is 28.7. The Hall–Kier alpha value is -11.8. The molecule has 4 fully saturated rings. The van der Waals surface area contributed by atoms with Gasteiger partial charge in [0, 0.05) is 51.8 Å². The van der Waals surface area contributed by atoms with Crippen LogP contribution in [0.25, 0.3) is 154 Å². The molecule has 4 saturated carbocycles. The van der Waals surface area contributed by atoms with E-state index in [1.165, 1.54) is 313 Å². The molecular formula is C120H136N12+4. The number of rotatable bonds is 8. The second-order valence-electron chi connectivity index (χ2n) is 45.5. The van der Waals surface area contributed by atoms with Gasteiger partial charge in [-0.1, -0.05) is 201 Å². The normalized spacial score (nSPS) is 15.5. The van der Waals surface area contributed by atoms with Gasteiger partial charge in [-0.2, -0.15) is 17.6 Å². The SMILES string of the molecule is Cc1cc(C2CCCC2)nc2c3c(C4CCCC4)cccc3n3c4ccccc4[n+](C)c3c12.Cc1cc(C2CCCC2)nc2c3cc(C4CCCC4)ccc3n3c4ccccc4[n+](C)c3c12.Cc1ccnc2c3cc(CC(C)(C)C)ccc3[n+]3c4ccc(CC(C)(C)C)cc4n(C)c3c12.Cc1ccnc2c3ccc(CC(C)(C)C)cc3n3c4ccc(CC(C)(C)C)cc4[n+](C)c3c12. The Bertz CT molecular complexity index is 8070. The van der Waals surface area contributed by atoms with E-state index >= 15 is 0 Å². The molecule has 0 radical (unpaired) electrons. The van der Waals surface area contributed by atoms with Crippen molar-refractivity contribution >= 4 is 154 Å². The molecule has 12 aromatic heterocycles. The van der Waals surface area contributed by atoms with Crippen LogP contribution in [0.15, 0.2) is 194 Å². The van der Waals surface area contributed by atoms with Gasteiger partial charge in [0.05, 0.1) is 77.2 Å². The quantitative estimate of drug-likeness (QED) is 0.112. The average molecular weight is 1750 g/mol. The average Bonchev–Trinajstić information content (AvgIpc) is 1.55. The molecule has 0 aliphatic heterocycles. The lowest BCUT2D eigenvalue weighted by Gasteiger charge is -2.18. The zero-order valence-electron chi connectivity index (χ0n) is 82.3. The van der Waals surface area contributed by atoms with Crippen LogP contribution in [0.5, 0.6) is 0 Å². The molecule has 20 aromatic rings. The third-order valence-electron chi connectivity index (χ3n) is 30.3. The van der Waals surface area contributed by atoms with Crippen LogP contribution >= 0.6 is 0 Å². The van der Waals surface area contributed by atoms with Crippen molar-refractivity contribution in [1.82, 2.24) is 37.7 Å². The molecule has 8 aromatic carbocycles. The molecule has 0 N–H and O–H groups in total. The minimum absolute atomic E-state index is 0.240. The third-order valence-corrected chi connectivity index (χ3v) is 30.3. The summed E-state index contributed by atoms with van der Waals surface area (Å²) in [6.45, 7) is 36.7. The number of aryl methyl sites for hydroxylation is 8. The molecule has 0 spiro atoms. The molecule has 132 heavy (non-hydrogen) atoms. The van der Waals surface area contributed by atoms with Crippen LogP contribution in [0.2, 0.25) is 0 Å². The van der Waals surface area contributed by atoms with Gasteiger partial charge in [0.15, 0.2) is 44.1 Å². The van der Waals surface area contributed by atoms with Crippen LogP contribution in [0.1, 0.15) is 277 Å². The third kappa shape index (κ3) is 15.4. The highest BCUT2D eigenvalue weighted by Gasteiger charge is 2.36. The smallest absolute Gasteiger partial charge is 0.255 e. The number of aromatic nitrogens is 12. The monoisotopic (exact) mass is 1750 g/mol. The van der Waals surface area contributed by atoms with E-state index in [0.717, 1.165) is 36.7 Å². The summed E-state index contributed by atoms with van der Waals surface area (Å²) in [4.78, 5) is 20.7. The van der Waals surface area contributed by atoms with Crippen molar-refractivity contribution in [3.8, 4) is 0 Å². The summed E-state index contributed by atoms with van der Waals surface area (Å²) in [7, 11) is 8.83. The Morgan fingerprint density at radius 2 is 0.720 bits per heavy atom. The Morgan fingerprint density at radius 1 is 0.303 bits per heavy atom. The molecule has 0 unspecified atom stereocenters. The van der Waals surface area contributed by atoms with Crippen molar-refractivity contribution < 1.29 is 18.1 Å². The molecule has 0 saturated heterocycles. The maximum Gasteiger partial charge on any atom is 0.297 e. The van der Waals surface area contributed by atoms with Gasteiger partial charge in [-0.25, -0.2) is 18.3 Å². The highest BCUT2D eigenvalue weighted by molar-refractivity contribution is 6.16. The summed E-state index contributed by atoms with van der Waals surface area (Å²) in [5.41, 5.74) is 42.3. The maximum absolute atomic E-state index is 5.51. The number of nitrogens with zero attached hydrogens (tertiary/aromatic N) is 12. The lowest BCUT2D eigenvalue weighted by Crippen LogP contribution is -2.28. The molecule has 4 aliphatic rings. The van der Waals surface area contributed by atoms with E-state index in [1.54, 1.807) is 0 Å². The van der Waals surface area contributed by atoms with E-state index in [2.05, 4.69) is 357 Å². The number of hydrogen-bond acceptors (Lipinski definition) is 4. The Morgan fingerprint density at radius 3 is 1.28 bits per heavy atom. The van der Waals surface area contributed by atoms with Crippen molar-refractivity contribution in [2.75, 3.05) is 0 Å². The standard InChI is InChI=1S/2C30H32N3.2C30H36N3/c1-19-18-23(21-12-5-6-13-21)31-29-27(19)30-32(2)24-15-7-8-16-25(24)33(30)26-17-9-14-22(28(26)29)20-10-3-4-11-20;1-19-17-24(21-11-5-6-12-21)31-29-23-18-22(20-9-3-4-10-20)15-16-25(23)33-27-14-8-7-13-26(27)32(2)30(33)28(19)29;1-19-13-14-31-27-22-15-20(17-29(2,3)4)9-11-23(22)33-24-12-10-21(18-30(5,6)7)16-25(24)32(8)28(33)26(19)27;1-19-13-14-31-27-22-11-9-20(17-29(2,3)4)15-24(22)33-23-12-10-21(18-30(5,6)7)16-25(23)32(8)28(33)26(19)27/h7-9,14-18,20-21H,3-6,10-13H2,1-2H3;7-8,13-18,20-21H,3-6,9-12H2,1-2H3;2*9-16H,17-18H2,1-8H3/q4*+1. The second kappa shape index (κ2) is 33.2. The van der Waals surface area contributed by atoms with Gasteiger partial charge < -0.3 is 0 Å². The van der Waals surface area contributed by atoms with Crippen molar-refractivity contribution in [2.24, 2.45) is 49.9 Å². The van der Waals surface area contributed by atoms with Crippen molar-refractivity contribution in [1.29, 1.82) is 0 Å². The molecule has 12 heteroatoms. The van der Waals surface area contributed by atoms with Gasteiger partial charge in [0.25, 0.3) is 22.6 Å². The van der Waals surface area contributed by atoms with Crippen LogP contribution in [0.4, 0.5) is 0 Å². The first-order valence-corrected chi connectivity index (χ1v) is 49.9. The molecule has 0 amide bonds. The van der Waals surface area contributed by atoms with Crippen molar-refractivity contribution in [3.63, 3.8) is 0 Å². The summed E-state index contributed by atoms with van der Waals surface area (Å²) < 4.78 is 19.4. The van der Waals surface area contributed by atoms with E-state index in [1.807, 2.05) is 12.4 Å². The predicted molar refractivity (Wildman–Crippen MR) is 552 cm³/mol.